The van der Waals surface area contributed by atoms with Gasteiger partial charge in [0.15, 0.2) is 0 Å². The zero-order chi connectivity index (χ0) is 12.0. The SMILES string of the molecule is CCOC(=O)C(F)=C(CC)c1ccccc1. The van der Waals surface area contributed by atoms with Gasteiger partial charge in [0.05, 0.1) is 6.61 Å². The van der Waals surface area contributed by atoms with Crippen molar-refractivity contribution in [3.05, 3.63) is 41.7 Å². The molecule has 0 aliphatic rings. The molecule has 0 aliphatic carbocycles. The molecule has 0 amide bonds. The maximum Gasteiger partial charge on any atom is 0.367 e. The summed E-state index contributed by atoms with van der Waals surface area (Å²) in [6.07, 6.45) is 0.453. The summed E-state index contributed by atoms with van der Waals surface area (Å²) in [6, 6.07) is 9.02. The highest BCUT2D eigenvalue weighted by Crippen LogP contribution is 2.23. The molecule has 0 spiro atoms. The van der Waals surface area contributed by atoms with Gasteiger partial charge in [-0.15, -0.1) is 0 Å². The van der Waals surface area contributed by atoms with E-state index in [9.17, 15) is 9.18 Å². The highest BCUT2D eigenvalue weighted by molar-refractivity contribution is 5.95. The number of benzene rings is 1. The fraction of sp³-hybridized carbons (Fsp3) is 0.308. The minimum absolute atomic E-state index is 0.179. The Balaban J connectivity index is 3.05. The Bertz CT molecular complexity index is 382. The number of rotatable bonds is 4. The van der Waals surface area contributed by atoms with E-state index >= 15 is 0 Å². The Hall–Kier alpha value is -1.64. The van der Waals surface area contributed by atoms with Crippen LogP contribution in [-0.2, 0) is 9.53 Å². The van der Waals surface area contributed by atoms with E-state index in [1.54, 1.807) is 26.0 Å². The van der Waals surface area contributed by atoms with Crippen LogP contribution in [0.5, 0.6) is 0 Å². The summed E-state index contributed by atoms with van der Waals surface area (Å²) in [4.78, 5) is 11.3. The van der Waals surface area contributed by atoms with Gasteiger partial charge in [-0.2, -0.15) is 4.39 Å². The average molecular weight is 222 g/mol. The van der Waals surface area contributed by atoms with Crippen molar-refractivity contribution >= 4 is 11.5 Å². The topological polar surface area (TPSA) is 26.3 Å². The van der Waals surface area contributed by atoms with Gasteiger partial charge in [0.2, 0.25) is 5.83 Å². The summed E-state index contributed by atoms with van der Waals surface area (Å²) in [5.41, 5.74) is 1.11. The number of allylic oxidation sites excluding steroid dienone is 1. The molecular weight excluding hydrogens is 207 g/mol. The summed E-state index contributed by atoms with van der Waals surface area (Å²) in [7, 11) is 0. The molecule has 0 atom stereocenters. The molecule has 1 rings (SSSR count). The fourth-order valence-corrected chi connectivity index (χ4v) is 1.44. The van der Waals surface area contributed by atoms with Gasteiger partial charge in [0.1, 0.15) is 0 Å². The van der Waals surface area contributed by atoms with Crippen molar-refractivity contribution in [3.63, 3.8) is 0 Å². The third-order valence-electron chi connectivity index (χ3n) is 2.20. The monoisotopic (exact) mass is 222 g/mol. The molecule has 0 saturated heterocycles. The van der Waals surface area contributed by atoms with Crippen LogP contribution >= 0.6 is 0 Å². The highest BCUT2D eigenvalue weighted by atomic mass is 19.1. The van der Waals surface area contributed by atoms with Crippen molar-refractivity contribution in [2.75, 3.05) is 6.61 Å². The van der Waals surface area contributed by atoms with Gasteiger partial charge in [0.25, 0.3) is 0 Å². The van der Waals surface area contributed by atoms with Crippen molar-refractivity contribution in [2.24, 2.45) is 0 Å². The fourth-order valence-electron chi connectivity index (χ4n) is 1.44. The van der Waals surface area contributed by atoms with Crippen LogP contribution in [0, 0.1) is 0 Å². The molecule has 0 fully saturated rings. The summed E-state index contributed by atoms with van der Waals surface area (Å²) in [5.74, 6) is -1.68. The van der Waals surface area contributed by atoms with Crippen LogP contribution in [0.4, 0.5) is 4.39 Å². The zero-order valence-corrected chi connectivity index (χ0v) is 9.50. The average Bonchev–Trinajstić information content (AvgIpc) is 2.31. The summed E-state index contributed by atoms with van der Waals surface area (Å²) < 4.78 is 18.4. The van der Waals surface area contributed by atoms with Gasteiger partial charge in [-0.3, -0.25) is 0 Å². The lowest BCUT2D eigenvalue weighted by molar-refractivity contribution is -0.140. The number of carbonyl (C=O) groups excluding carboxylic acids is 1. The van der Waals surface area contributed by atoms with Gasteiger partial charge >= 0.3 is 5.97 Å². The molecule has 0 unspecified atom stereocenters. The maximum atomic E-state index is 13.7. The van der Waals surface area contributed by atoms with Gasteiger partial charge in [-0.25, -0.2) is 4.79 Å². The third kappa shape index (κ3) is 2.92. The number of hydrogen-bond donors (Lipinski definition) is 0. The normalized spacial score (nSPS) is 11.9. The predicted octanol–water partition coefficient (Wildman–Crippen LogP) is 3.34. The summed E-state index contributed by atoms with van der Waals surface area (Å²) in [6.45, 7) is 3.64. The molecule has 1 aromatic rings. The minimum Gasteiger partial charge on any atom is -0.461 e. The summed E-state index contributed by atoms with van der Waals surface area (Å²) in [5, 5.41) is 0. The van der Waals surface area contributed by atoms with Crippen LogP contribution < -0.4 is 0 Å². The molecule has 1 aromatic carbocycles. The smallest absolute Gasteiger partial charge is 0.367 e. The number of hydrogen-bond acceptors (Lipinski definition) is 2. The van der Waals surface area contributed by atoms with E-state index in [-0.39, 0.29) is 6.61 Å². The first-order chi connectivity index (χ1) is 7.70. The zero-order valence-electron chi connectivity index (χ0n) is 9.50. The standard InChI is InChI=1S/C13H15FO2/c1-3-11(10-8-6-5-7-9-10)12(14)13(15)16-4-2/h5-9H,3-4H2,1-2H3. The quantitative estimate of drug-likeness (QED) is 0.577. The third-order valence-corrected chi connectivity index (χ3v) is 2.20. The number of halogens is 1. The van der Waals surface area contributed by atoms with Crippen LogP contribution in [0.25, 0.3) is 5.57 Å². The molecule has 0 saturated carbocycles. The van der Waals surface area contributed by atoms with Gasteiger partial charge in [-0.05, 0) is 18.9 Å². The second-order valence-corrected chi connectivity index (χ2v) is 3.23. The van der Waals surface area contributed by atoms with E-state index in [2.05, 4.69) is 4.74 Å². The van der Waals surface area contributed by atoms with Crippen molar-refractivity contribution < 1.29 is 13.9 Å². The van der Waals surface area contributed by atoms with Crippen LogP contribution in [0.1, 0.15) is 25.8 Å². The second kappa shape index (κ2) is 6.05. The highest BCUT2D eigenvalue weighted by Gasteiger charge is 2.16. The van der Waals surface area contributed by atoms with Crippen LogP contribution in [0.3, 0.4) is 0 Å². The molecule has 2 nitrogen and oxygen atoms in total. The lowest BCUT2D eigenvalue weighted by Crippen LogP contribution is -2.06. The lowest BCUT2D eigenvalue weighted by Gasteiger charge is -2.07. The van der Waals surface area contributed by atoms with E-state index in [0.717, 1.165) is 5.56 Å². The largest absolute Gasteiger partial charge is 0.461 e. The molecule has 3 heteroatoms. The molecule has 16 heavy (non-hydrogen) atoms. The lowest BCUT2D eigenvalue weighted by atomic mass is 10.0. The van der Waals surface area contributed by atoms with Crippen molar-refractivity contribution in [1.82, 2.24) is 0 Å². The molecule has 0 N–H and O–H groups in total. The van der Waals surface area contributed by atoms with E-state index in [4.69, 9.17) is 0 Å². The Kier molecular flexibility index (Phi) is 4.70. The maximum absolute atomic E-state index is 13.7. The number of esters is 1. The van der Waals surface area contributed by atoms with E-state index in [1.807, 2.05) is 18.2 Å². The molecule has 0 aromatic heterocycles. The Morgan fingerprint density at radius 3 is 2.38 bits per heavy atom. The number of ether oxygens (including phenoxy) is 1. The molecule has 86 valence electrons. The van der Waals surface area contributed by atoms with Gasteiger partial charge in [0, 0.05) is 5.57 Å². The molecular formula is C13H15FO2. The van der Waals surface area contributed by atoms with Crippen LogP contribution in [0.15, 0.2) is 36.2 Å². The molecule has 0 aliphatic heterocycles. The Labute approximate surface area is 94.7 Å². The molecule has 0 heterocycles. The predicted molar refractivity (Wildman–Crippen MR) is 61.4 cm³/mol. The van der Waals surface area contributed by atoms with Crippen LogP contribution in [0.2, 0.25) is 0 Å². The van der Waals surface area contributed by atoms with E-state index in [0.29, 0.717) is 12.0 Å². The first-order valence-corrected chi connectivity index (χ1v) is 5.31. The van der Waals surface area contributed by atoms with E-state index in [1.165, 1.54) is 0 Å². The second-order valence-electron chi connectivity index (χ2n) is 3.23. The van der Waals surface area contributed by atoms with Crippen molar-refractivity contribution in [2.45, 2.75) is 20.3 Å². The van der Waals surface area contributed by atoms with Crippen molar-refractivity contribution in [1.29, 1.82) is 0 Å². The molecule has 0 radical (unpaired) electrons. The summed E-state index contributed by atoms with van der Waals surface area (Å²) >= 11 is 0. The first-order valence-electron chi connectivity index (χ1n) is 5.31. The van der Waals surface area contributed by atoms with E-state index < -0.39 is 11.8 Å². The molecule has 0 bridgehead atoms. The Morgan fingerprint density at radius 1 is 1.25 bits per heavy atom. The van der Waals surface area contributed by atoms with Gasteiger partial charge < -0.3 is 4.74 Å². The first kappa shape index (κ1) is 12.4. The minimum atomic E-state index is -0.886. The van der Waals surface area contributed by atoms with Crippen LogP contribution in [-0.4, -0.2) is 12.6 Å². The Morgan fingerprint density at radius 2 is 1.88 bits per heavy atom. The van der Waals surface area contributed by atoms with Gasteiger partial charge in [-0.1, -0.05) is 37.3 Å². The van der Waals surface area contributed by atoms with Crippen molar-refractivity contribution in [3.8, 4) is 0 Å². The number of carbonyl (C=O) groups is 1.